The molecule has 15 rings (SSSR count). The number of aromatic nitrogens is 4. The van der Waals surface area contributed by atoms with Crippen molar-refractivity contribution in [1.29, 1.82) is 0 Å². The van der Waals surface area contributed by atoms with Crippen LogP contribution in [-0.4, -0.2) is 180 Å². The third-order valence-corrected chi connectivity index (χ3v) is 23.1. The molecule has 5 aliphatic carbocycles. The molecule has 2 aliphatic heterocycles. The van der Waals surface area contributed by atoms with Gasteiger partial charge in [0.1, 0.15) is 12.4 Å². The van der Waals surface area contributed by atoms with Crippen LogP contribution in [0.5, 0.6) is 5.75 Å². The fraction of sp³-hybridized carbons (Fsp3) is 0.405. The number of carbonyl (C=O) groups excluding carboxylic acids is 8. The van der Waals surface area contributed by atoms with Crippen LogP contribution >= 0.6 is 11.3 Å². The Kier molecular flexibility index (Phi) is 22.1. The van der Waals surface area contributed by atoms with Gasteiger partial charge in [-0.05, 0) is 138 Å². The lowest BCUT2D eigenvalue weighted by Crippen LogP contribution is -2.64. The standard InChI is InChI=1S/C84H90N10O18S/c1-48-59(58-27-28-61(88-70(58)75(100)101)53-26-29-64-65(38-53)93(34-33-91(64)7)79(103)90-78-89-62-22-14-15-23-67(62)113-78)39-86-94(48)47-83-42-81(5)41-82(6,43-83)45-84(44-81,46-83)107-36-35-92(8)69(99)24-16-17-52-25-30-66(111-77-74(110-51(4)97)72(109-50(3)96)71(108-49(2)95)73(112-77)76(102)105-9)63(37-52)87-68(98)31-32-85-80(104)106-40-60-56-20-12-10-18-54(56)55-19-11-13-21-57(55)60/h10-23,25-30,37-39,60,71-74,77H,24,31-36,40-47H2,1-9H3,(H,85,104)(H,87,98)(H,100,101)(H,89,90,103)/t71-,72-,73-,74+,77+,81?,82?,83?,84?/m0/s1. The molecule has 5 heterocycles. The Morgan fingerprint density at radius 2 is 1.42 bits per heavy atom. The summed E-state index contributed by atoms with van der Waals surface area (Å²) < 4.78 is 49.7. The van der Waals surface area contributed by atoms with E-state index in [0.717, 1.165) is 110 Å². The number of urea groups is 1. The highest BCUT2D eigenvalue weighted by Crippen LogP contribution is 2.72. The third-order valence-electron chi connectivity index (χ3n) is 22.2. The smallest absolute Gasteiger partial charge is 0.407 e. The lowest BCUT2D eigenvalue weighted by molar-refractivity contribution is -0.282. The average molecular weight is 1560 g/mol. The number of pyridine rings is 1. The van der Waals surface area contributed by atoms with Crippen LogP contribution < -0.4 is 30.5 Å². The van der Waals surface area contributed by atoms with Crippen LogP contribution in [0.1, 0.15) is 125 Å². The second kappa shape index (κ2) is 31.9. The van der Waals surface area contributed by atoms with Gasteiger partial charge in [0, 0.05) is 109 Å². The SMILES string of the molecule is COC(=O)[C@H]1O[C@@H](Oc2ccc(C=CCC(=O)N(C)CCOC34CC5(C)CC(C)(CC(Cn6ncc(-c7ccc(-c8ccc9c(c8)N(C(=O)Nc8nc%10ccccc%10s8)CCN9C)nc7C(=O)O)c6C)(C5)C3)C4)cc2NC(=O)CCNC(=O)OCC2c3ccccc3-c3ccccc32)[C@H](OC(C)=O)[C@@H](OC(C)=O)[C@@H]1OC(C)=O. The summed E-state index contributed by atoms with van der Waals surface area (Å²) in [5.41, 5.74) is 9.08. The van der Waals surface area contributed by atoms with Crippen LogP contribution in [0.3, 0.4) is 0 Å². The molecule has 2 unspecified atom stereocenters. The number of benzene rings is 5. The normalized spacial score (nSPS) is 23.2. The lowest BCUT2D eigenvalue weighted by Gasteiger charge is -2.69. The number of rotatable bonds is 25. The molecule has 5 fully saturated rings. The van der Waals surface area contributed by atoms with Crippen molar-refractivity contribution in [3.05, 3.63) is 162 Å². The molecule has 1 saturated heterocycles. The summed E-state index contributed by atoms with van der Waals surface area (Å²) >= 11 is 1.40. The van der Waals surface area contributed by atoms with Gasteiger partial charge in [0.15, 0.2) is 29.1 Å². The molecule has 7 atom stereocenters. The third kappa shape index (κ3) is 16.7. The van der Waals surface area contributed by atoms with E-state index < -0.39 is 78.2 Å². The first-order valence-corrected chi connectivity index (χ1v) is 38.4. The summed E-state index contributed by atoms with van der Waals surface area (Å²) in [5.74, 6) is -6.03. The van der Waals surface area contributed by atoms with Gasteiger partial charge in [0.05, 0.1) is 58.5 Å². The summed E-state index contributed by atoms with van der Waals surface area (Å²) in [4.78, 5) is 134. The van der Waals surface area contributed by atoms with Crippen molar-refractivity contribution in [2.45, 2.75) is 142 Å². The molecular formula is C84H90N10O18S. The molecule has 5 aromatic carbocycles. The first-order valence-electron chi connectivity index (χ1n) is 37.6. The highest BCUT2D eigenvalue weighted by Gasteiger charge is 2.66. The van der Waals surface area contributed by atoms with E-state index in [4.69, 9.17) is 48.0 Å². The number of hydrogen-bond acceptors (Lipinski definition) is 22. The fourth-order valence-electron chi connectivity index (χ4n) is 18.6. The Bertz CT molecular complexity index is 5020. The molecule has 3 aromatic heterocycles. The van der Waals surface area contributed by atoms with Crippen LogP contribution in [0.25, 0.3) is 49.8 Å². The summed E-state index contributed by atoms with van der Waals surface area (Å²) in [6, 6.07) is 37.1. The minimum absolute atomic E-state index is 0.0221. The first-order chi connectivity index (χ1) is 54.1. The van der Waals surface area contributed by atoms with E-state index in [2.05, 4.69) is 39.7 Å². The Hall–Kier alpha value is -11.6. The minimum atomic E-state index is -1.78. The monoisotopic (exact) mass is 1560 g/mol. The number of aromatic carboxylic acids is 1. The van der Waals surface area contributed by atoms with Crippen molar-refractivity contribution < 1.29 is 86.2 Å². The number of thiazole rings is 1. The predicted octanol–water partition coefficient (Wildman–Crippen LogP) is 12.4. The molecule has 4 bridgehead atoms. The number of anilines is 4. The summed E-state index contributed by atoms with van der Waals surface area (Å²) in [7, 11) is 4.74. The van der Waals surface area contributed by atoms with E-state index in [9.17, 15) is 48.3 Å². The van der Waals surface area contributed by atoms with Crippen LogP contribution in [0.2, 0.25) is 0 Å². The van der Waals surface area contributed by atoms with E-state index in [0.29, 0.717) is 64.9 Å². The Labute approximate surface area is 656 Å². The second-order valence-electron chi connectivity index (χ2n) is 31.1. The molecule has 4 saturated carbocycles. The first kappa shape index (κ1) is 78.1. The quantitative estimate of drug-likeness (QED) is 0.0305. The molecule has 29 heteroatoms. The fourth-order valence-corrected chi connectivity index (χ4v) is 19.5. The zero-order chi connectivity index (χ0) is 79.8. The van der Waals surface area contributed by atoms with Crippen LogP contribution in [0, 0.1) is 23.2 Å². The number of alkyl carbamates (subject to hydrolysis) is 1. The molecule has 0 spiro atoms. The van der Waals surface area contributed by atoms with Gasteiger partial charge in [0.25, 0.3) is 0 Å². The van der Waals surface area contributed by atoms with Crippen molar-refractivity contribution in [2.24, 2.45) is 16.2 Å². The maximum absolute atomic E-state index is 14.0. The van der Waals surface area contributed by atoms with E-state index in [1.807, 2.05) is 116 Å². The van der Waals surface area contributed by atoms with E-state index in [-0.39, 0.29) is 83.8 Å². The zero-order valence-corrected chi connectivity index (χ0v) is 65.1. The summed E-state index contributed by atoms with van der Waals surface area (Å²) in [6.45, 7) is 11.9. The van der Waals surface area contributed by atoms with E-state index in [1.54, 1.807) is 47.3 Å². The molecule has 4 N–H and O–H groups in total. The van der Waals surface area contributed by atoms with Crippen LogP contribution in [-0.2, 0) is 68.5 Å². The van der Waals surface area contributed by atoms with E-state index in [1.165, 1.54) is 23.5 Å². The van der Waals surface area contributed by atoms with Crippen LogP contribution in [0.4, 0.5) is 31.8 Å². The van der Waals surface area contributed by atoms with Gasteiger partial charge < -0.3 is 63.4 Å². The largest absolute Gasteiger partial charge is 0.476 e. The Morgan fingerprint density at radius 1 is 0.735 bits per heavy atom. The number of esters is 4. The lowest BCUT2D eigenvalue weighted by atomic mass is 9.39. The number of fused-ring (bicyclic) bond motifs is 5. The molecule has 113 heavy (non-hydrogen) atoms. The Balaban J connectivity index is 0.632. The highest BCUT2D eigenvalue weighted by atomic mass is 32.1. The summed E-state index contributed by atoms with van der Waals surface area (Å²) in [5, 5.41) is 24.7. The van der Waals surface area contributed by atoms with Gasteiger partial charge >= 0.3 is 42.0 Å². The number of carboxylic acid groups (broad SMARTS) is 1. The number of carboxylic acids is 1. The number of carbonyl (C=O) groups is 9. The van der Waals surface area contributed by atoms with Crippen molar-refractivity contribution in [3.8, 4) is 39.3 Å². The number of nitrogens with one attached hydrogen (secondary N) is 3. The number of methoxy groups -OCH3 is 1. The van der Waals surface area contributed by atoms with Crippen LogP contribution in [0.15, 0.2) is 134 Å². The molecular weight excluding hydrogens is 1470 g/mol. The molecule has 0 radical (unpaired) electrons. The Morgan fingerprint density at radius 3 is 2.12 bits per heavy atom. The second-order valence-corrected chi connectivity index (χ2v) is 32.2. The van der Waals surface area contributed by atoms with Gasteiger partial charge in [0.2, 0.25) is 24.2 Å². The minimum Gasteiger partial charge on any atom is -0.476 e. The average Bonchev–Trinajstić information content (AvgIpc) is 1.12. The molecule has 8 aromatic rings. The molecule has 7 aliphatic rings. The maximum atomic E-state index is 14.0. The van der Waals surface area contributed by atoms with Crippen molar-refractivity contribution in [3.63, 3.8) is 0 Å². The van der Waals surface area contributed by atoms with E-state index >= 15 is 0 Å². The number of nitrogens with zero attached hydrogens (tertiary/aromatic N) is 7. The number of para-hydroxylation sites is 1. The van der Waals surface area contributed by atoms with Gasteiger partial charge in [-0.15, -0.1) is 0 Å². The molecule has 28 nitrogen and oxygen atoms in total. The predicted molar refractivity (Wildman–Crippen MR) is 419 cm³/mol. The number of ether oxygens (including phenoxy) is 8. The summed E-state index contributed by atoms with van der Waals surface area (Å²) in [6.07, 6.45) is 0.924. The topological polar surface area (TPSA) is 337 Å². The van der Waals surface area contributed by atoms with Crippen molar-refractivity contribution in [1.82, 2.24) is 30.0 Å². The van der Waals surface area contributed by atoms with Gasteiger partial charge in [-0.1, -0.05) is 110 Å². The number of hydrogen-bond donors (Lipinski definition) is 4. The highest BCUT2D eigenvalue weighted by molar-refractivity contribution is 7.22. The number of amides is 5. The van der Waals surface area contributed by atoms with Crippen molar-refractivity contribution in [2.75, 3.05) is 81.0 Å². The maximum Gasteiger partial charge on any atom is 0.407 e. The van der Waals surface area contributed by atoms with Gasteiger partial charge in [-0.2, -0.15) is 5.10 Å². The van der Waals surface area contributed by atoms with Gasteiger partial charge in [-0.25, -0.2) is 29.1 Å². The van der Waals surface area contributed by atoms with Crippen molar-refractivity contribution >= 4 is 104 Å². The van der Waals surface area contributed by atoms with Gasteiger partial charge in [-0.3, -0.25) is 38.9 Å². The zero-order valence-electron chi connectivity index (χ0n) is 64.3. The molecule has 5 amide bonds. The number of likely N-dealkylation sites (N-methyl/N-ethyl adjacent to an activating group) is 2. The molecule has 590 valence electrons.